The third kappa shape index (κ3) is 19.8. The fraction of sp³-hybridized carbons (Fsp3) is 1.00. The van der Waals surface area contributed by atoms with Crippen LogP contribution in [-0.2, 0) is 19.7 Å². The first kappa shape index (κ1) is 29.9. The van der Waals surface area contributed by atoms with Crippen molar-refractivity contribution in [1.29, 1.82) is 0 Å². The zero-order valence-electron chi connectivity index (χ0n) is 20.2. The molecular formula is C24H50O4S2. The molecule has 0 bridgehead atoms. The van der Waals surface area contributed by atoms with Crippen molar-refractivity contribution in [2.24, 2.45) is 5.92 Å². The lowest BCUT2D eigenvalue weighted by Crippen LogP contribution is -2.24. The molecule has 0 aliphatic heterocycles. The molecule has 0 radical (unpaired) electrons. The van der Waals surface area contributed by atoms with Gasteiger partial charge >= 0.3 is 0 Å². The van der Waals surface area contributed by atoms with Gasteiger partial charge in [0.2, 0.25) is 0 Å². The van der Waals surface area contributed by atoms with E-state index in [0.29, 0.717) is 12.8 Å². The normalized spacial score (nSPS) is 12.7. The van der Waals surface area contributed by atoms with Crippen LogP contribution in [0.3, 0.4) is 0 Å². The lowest BCUT2D eigenvalue weighted by molar-refractivity contribution is 0.557. The Bertz CT molecular complexity index is 530. The Kier molecular flexibility index (Phi) is 18.4. The van der Waals surface area contributed by atoms with Gasteiger partial charge in [-0.25, -0.2) is 16.8 Å². The molecule has 0 atom stereocenters. The minimum Gasteiger partial charge on any atom is -0.229 e. The van der Waals surface area contributed by atoms with E-state index in [1.54, 1.807) is 6.92 Å². The van der Waals surface area contributed by atoms with Crippen LogP contribution in [-0.4, -0.2) is 39.8 Å². The van der Waals surface area contributed by atoms with Crippen LogP contribution in [0.4, 0.5) is 0 Å². The monoisotopic (exact) mass is 466 g/mol. The second-order valence-corrected chi connectivity index (χ2v) is 13.7. The molecule has 30 heavy (non-hydrogen) atoms. The van der Waals surface area contributed by atoms with Crippen molar-refractivity contribution in [1.82, 2.24) is 0 Å². The minimum atomic E-state index is -3.16. The van der Waals surface area contributed by atoms with Crippen LogP contribution < -0.4 is 0 Å². The van der Waals surface area contributed by atoms with E-state index in [1.165, 1.54) is 64.2 Å². The molecule has 0 rings (SSSR count). The highest BCUT2D eigenvalue weighted by Gasteiger charge is 2.21. The molecule has 4 nitrogen and oxygen atoms in total. The summed E-state index contributed by atoms with van der Waals surface area (Å²) in [5.41, 5.74) is 0. The molecule has 0 aromatic heterocycles. The number of hydrogen-bond acceptors (Lipinski definition) is 4. The standard InChI is InChI=1S/C24H50O4S2/c1-4-6-8-10-12-14-16-18-20-29(25,26)22-24(3)23-30(27,28)21-19-17-15-13-11-9-7-5-2/h24H,4-23H2,1-3H3. The van der Waals surface area contributed by atoms with E-state index in [-0.39, 0.29) is 28.9 Å². The van der Waals surface area contributed by atoms with Gasteiger partial charge in [-0.1, -0.05) is 111 Å². The third-order valence-corrected chi connectivity index (χ3v) is 9.67. The first-order valence-electron chi connectivity index (χ1n) is 12.6. The molecule has 182 valence electrons. The van der Waals surface area contributed by atoms with Gasteiger partial charge in [-0.2, -0.15) is 0 Å². The molecular weight excluding hydrogens is 416 g/mol. The van der Waals surface area contributed by atoms with Gasteiger partial charge < -0.3 is 0 Å². The molecule has 6 heteroatoms. The number of unbranched alkanes of at least 4 members (excludes halogenated alkanes) is 14. The Morgan fingerprint density at radius 3 is 1.03 bits per heavy atom. The van der Waals surface area contributed by atoms with Gasteiger partial charge in [0.25, 0.3) is 0 Å². The Morgan fingerprint density at radius 2 is 0.733 bits per heavy atom. The first-order valence-corrected chi connectivity index (χ1v) is 16.3. The van der Waals surface area contributed by atoms with E-state index in [4.69, 9.17) is 0 Å². The van der Waals surface area contributed by atoms with E-state index in [1.807, 2.05) is 0 Å². The highest BCUT2D eigenvalue weighted by atomic mass is 32.2. The van der Waals surface area contributed by atoms with Crippen LogP contribution in [0.25, 0.3) is 0 Å². The second-order valence-electron chi connectivity index (χ2n) is 9.28. The Labute approximate surface area is 188 Å². The van der Waals surface area contributed by atoms with Gasteiger partial charge in [0, 0.05) is 0 Å². The quantitative estimate of drug-likeness (QED) is 0.166. The third-order valence-electron chi connectivity index (χ3n) is 5.69. The van der Waals surface area contributed by atoms with Crippen LogP contribution in [0.5, 0.6) is 0 Å². The Hall–Kier alpha value is -0.100. The average molecular weight is 467 g/mol. The van der Waals surface area contributed by atoms with Crippen LogP contribution >= 0.6 is 0 Å². The maximum absolute atomic E-state index is 12.3. The van der Waals surface area contributed by atoms with Crippen LogP contribution in [0.2, 0.25) is 0 Å². The summed E-state index contributed by atoms with van der Waals surface area (Å²) in [4.78, 5) is 0. The van der Waals surface area contributed by atoms with Gasteiger partial charge in [0.05, 0.1) is 23.0 Å². The van der Waals surface area contributed by atoms with E-state index in [2.05, 4.69) is 13.8 Å². The molecule has 0 saturated carbocycles. The Balaban J connectivity index is 3.91. The van der Waals surface area contributed by atoms with Crippen molar-refractivity contribution in [3.63, 3.8) is 0 Å². The lowest BCUT2D eigenvalue weighted by Gasteiger charge is -2.13. The maximum atomic E-state index is 12.3. The van der Waals surface area contributed by atoms with Gasteiger partial charge in [0.1, 0.15) is 0 Å². The van der Waals surface area contributed by atoms with E-state index in [9.17, 15) is 16.8 Å². The Morgan fingerprint density at radius 1 is 0.467 bits per heavy atom. The maximum Gasteiger partial charge on any atom is 0.150 e. The van der Waals surface area contributed by atoms with E-state index < -0.39 is 19.7 Å². The van der Waals surface area contributed by atoms with Crippen molar-refractivity contribution in [3.8, 4) is 0 Å². The van der Waals surface area contributed by atoms with Crippen LogP contribution in [0.15, 0.2) is 0 Å². The van der Waals surface area contributed by atoms with Gasteiger partial charge in [-0.15, -0.1) is 0 Å². The predicted molar refractivity (Wildman–Crippen MR) is 132 cm³/mol. The van der Waals surface area contributed by atoms with E-state index >= 15 is 0 Å². The number of hydrogen-bond donors (Lipinski definition) is 0. The van der Waals surface area contributed by atoms with Crippen molar-refractivity contribution in [3.05, 3.63) is 0 Å². The molecule has 0 aliphatic rings. The van der Waals surface area contributed by atoms with Crippen molar-refractivity contribution >= 4 is 19.7 Å². The predicted octanol–water partition coefficient (Wildman–Crippen LogP) is 6.73. The highest BCUT2D eigenvalue weighted by molar-refractivity contribution is 7.92. The summed E-state index contributed by atoms with van der Waals surface area (Å²) in [5.74, 6) is 0.0813. The summed E-state index contributed by atoms with van der Waals surface area (Å²) in [6.07, 6.45) is 18.0. The average Bonchev–Trinajstić information content (AvgIpc) is 2.65. The van der Waals surface area contributed by atoms with Crippen molar-refractivity contribution < 1.29 is 16.8 Å². The van der Waals surface area contributed by atoms with Crippen molar-refractivity contribution in [2.45, 2.75) is 124 Å². The molecule has 0 amide bonds. The SMILES string of the molecule is CCCCCCCCCCS(=O)(=O)CC(C)CS(=O)(=O)CCCCCCCCCC. The van der Waals surface area contributed by atoms with Gasteiger partial charge in [0.15, 0.2) is 19.7 Å². The minimum absolute atomic E-state index is 0.000157. The zero-order chi connectivity index (χ0) is 22.7. The second kappa shape index (κ2) is 18.5. The summed E-state index contributed by atoms with van der Waals surface area (Å²) in [7, 11) is -6.32. The summed E-state index contributed by atoms with van der Waals surface area (Å²) < 4.78 is 49.3. The molecule has 0 aliphatic carbocycles. The van der Waals surface area contributed by atoms with E-state index in [0.717, 1.165) is 25.7 Å². The zero-order valence-corrected chi connectivity index (χ0v) is 21.8. The van der Waals surface area contributed by atoms with Gasteiger partial charge in [-0.3, -0.25) is 0 Å². The van der Waals surface area contributed by atoms with Gasteiger partial charge in [-0.05, 0) is 18.8 Å². The smallest absolute Gasteiger partial charge is 0.150 e. The largest absolute Gasteiger partial charge is 0.229 e. The molecule has 0 saturated heterocycles. The topological polar surface area (TPSA) is 68.3 Å². The van der Waals surface area contributed by atoms with Crippen molar-refractivity contribution in [2.75, 3.05) is 23.0 Å². The lowest BCUT2D eigenvalue weighted by atomic mass is 10.1. The summed E-state index contributed by atoms with van der Waals surface area (Å²) in [6, 6.07) is 0. The summed E-state index contributed by atoms with van der Waals surface area (Å²) in [6.45, 7) is 6.16. The molecule has 0 unspecified atom stereocenters. The van der Waals surface area contributed by atoms with Crippen LogP contribution in [0.1, 0.15) is 124 Å². The molecule has 0 N–H and O–H groups in total. The molecule has 0 spiro atoms. The first-order chi connectivity index (χ1) is 14.2. The molecule has 0 heterocycles. The molecule has 0 aromatic rings. The fourth-order valence-corrected chi connectivity index (χ4v) is 7.73. The molecule has 0 aromatic carbocycles. The summed E-state index contributed by atoms with van der Waals surface area (Å²) >= 11 is 0. The number of rotatable bonds is 22. The number of sulfone groups is 2. The van der Waals surface area contributed by atoms with Crippen LogP contribution in [0, 0.1) is 5.92 Å². The summed E-state index contributed by atoms with van der Waals surface area (Å²) in [5, 5.41) is 0. The highest BCUT2D eigenvalue weighted by Crippen LogP contribution is 2.13. The molecule has 0 fully saturated rings. The fourth-order valence-electron chi connectivity index (χ4n) is 3.99.